The van der Waals surface area contributed by atoms with Crippen molar-refractivity contribution < 1.29 is 19.1 Å². The van der Waals surface area contributed by atoms with Gasteiger partial charge in [-0.1, -0.05) is 11.6 Å². The Balaban J connectivity index is 2.39. The maximum atomic E-state index is 13.8. The molecule has 108 valence electrons. The molecule has 0 saturated heterocycles. The lowest BCUT2D eigenvalue weighted by molar-refractivity contribution is 0.0696. The molecule has 0 aliphatic rings. The average molecular weight is 309 g/mol. The smallest absolute Gasteiger partial charge is 0.335 e. The first-order valence-corrected chi connectivity index (χ1v) is 6.15. The summed E-state index contributed by atoms with van der Waals surface area (Å²) in [6.45, 7) is 0. The van der Waals surface area contributed by atoms with Gasteiger partial charge in [-0.25, -0.2) is 9.18 Å². The van der Waals surface area contributed by atoms with Crippen molar-refractivity contribution in [1.29, 1.82) is 0 Å². The van der Waals surface area contributed by atoms with Crippen molar-refractivity contribution in [3.63, 3.8) is 0 Å². The number of halogens is 2. The Hall–Kier alpha value is -2.60. The van der Waals surface area contributed by atoms with Gasteiger partial charge in [0.2, 0.25) is 0 Å². The van der Waals surface area contributed by atoms with Crippen LogP contribution in [0.15, 0.2) is 36.4 Å². The fraction of sp³-hybridized carbons (Fsp3) is 0. The lowest BCUT2D eigenvalue weighted by atomic mass is 10.1. The van der Waals surface area contributed by atoms with E-state index < -0.39 is 17.7 Å². The molecular formula is C14H10ClFN2O3. The van der Waals surface area contributed by atoms with E-state index in [4.69, 9.17) is 22.4 Å². The van der Waals surface area contributed by atoms with Gasteiger partial charge in [0.25, 0.3) is 5.91 Å². The second-order valence-electron chi connectivity index (χ2n) is 4.18. The van der Waals surface area contributed by atoms with Gasteiger partial charge in [-0.05, 0) is 36.4 Å². The van der Waals surface area contributed by atoms with Gasteiger partial charge < -0.3 is 16.2 Å². The van der Waals surface area contributed by atoms with Gasteiger partial charge in [0.1, 0.15) is 5.82 Å². The molecule has 2 aromatic rings. The molecule has 2 aromatic carbocycles. The summed E-state index contributed by atoms with van der Waals surface area (Å²) in [5.74, 6) is -2.72. The highest BCUT2D eigenvalue weighted by Gasteiger charge is 2.12. The van der Waals surface area contributed by atoms with Crippen LogP contribution in [-0.2, 0) is 0 Å². The number of hydrogen-bond donors (Lipinski definition) is 3. The number of nitrogens with one attached hydrogen (secondary N) is 1. The zero-order valence-corrected chi connectivity index (χ0v) is 11.3. The number of primary amides is 1. The number of rotatable bonds is 4. The second kappa shape index (κ2) is 5.80. The first kappa shape index (κ1) is 14.8. The first-order chi connectivity index (χ1) is 9.88. The van der Waals surface area contributed by atoms with Crippen LogP contribution in [0.5, 0.6) is 0 Å². The minimum Gasteiger partial charge on any atom is -0.478 e. The molecule has 0 aliphatic heterocycles. The Morgan fingerprint density at radius 3 is 2.38 bits per heavy atom. The van der Waals surface area contributed by atoms with Gasteiger partial charge in [0.05, 0.1) is 22.5 Å². The van der Waals surface area contributed by atoms with Gasteiger partial charge in [-0.3, -0.25) is 4.79 Å². The number of carboxylic acids is 1. The van der Waals surface area contributed by atoms with E-state index in [9.17, 15) is 14.0 Å². The number of amides is 1. The van der Waals surface area contributed by atoms with Crippen molar-refractivity contribution in [3.8, 4) is 0 Å². The molecule has 0 aliphatic carbocycles. The Labute approximate surface area is 124 Å². The van der Waals surface area contributed by atoms with Crippen LogP contribution in [0.1, 0.15) is 20.7 Å². The van der Waals surface area contributed by atoms with E-state index in [0.29, 0.717) is 5.02 Å². The molecule has 1 amide bonds. The molecule has 5 nitrogen and oxygen atoms in total. The molecule has 0 bridgehead atoms. The van der Waals surface area contributed by atoms with E-state index in [1.807, 2.05) is 0 Å². The highest BCUT2D eigenvalue weighted by atomic mass is 35.5. The van der Waals surface area contributed by atoms with Crippen molar-refractivity contribution >= 4 is 34.9 Å². The third-order valence-electron chi connectivity index (χ3n) is 2.73. The molecule has 2 rings (SSSR count). The number of aromatic carboxylic acids is 1. The van der Waals surface area contributed by atoms with Crippen molar-refractivity contribution in [2.75, 3.05) is 5.32 Å². The lowest BCUT2D eigenvalue weighted by Gasteiger charge is -2.11. The van der Waals surface area contributed by atoms with E-state index in [-0.39, 0.29) is 22.5 Å². The molecule has 0 fully saturated rings. The molecule has 0 heterocycles. The number of carbonyl (C=O) groups is 2. The Bertz CT molecular complexity index is 734. The largest absolute Gasteiger partial charge is 0.478 e. The van der Waals surface area contributed by atoms with Crippen LogP contribution in [0.3, 0.4) is 0 Å². The van der Waals surface area contributed by atoms with Crippen LogP contribution in [0.2, 0.25) is 5.02 Å². The zero-order chi connectivity index (χ0) is 15.6. The summed E-state index contributed by atoms with van der Waals surface area (Å²) < 4.78 is 13.8. The Morgan fingerprint density at radius 2 is 1.81 bits per heavy atom. The van der Waals surface area contributed by atoms with E-state index in [2.05, 4.69) is 5.32 Å². The quantitative estimate of drug-likeness (QED) is 0.809. The first-order valence-electron chi connectivity index (χ1n) is 5.77. The minimum atomic E-state index is -1.23. The fourth-order valence-electron chi connectivity index (χ4n) is 1.72. The molecule has 7 heteroatoms. The molecule has 0 saturated carbocycles. The van der Waals surface area contributed by atoms with Crippen LogP contribution in [0.4, 0.5) is 15.8 Å². The van der Waals surface area contributed by atoms with Crippen LogP contribution in [0.25, 0.3) is 0 Å². The molecule has 0 radical (unpaired) electrons. The minimum absolute atomic E-state index is 0.0184. The molecule has 0 atom stereocenters. The molecule has 21 heavy (non-hydrogen) atoms. The summed E-state index contributed by atoms with van der Waals surface area (Å²) in [6.07, 6.45) is 0. The standard InChI is InChI=1S/C14H10ClFN2O3/c15-8-2-4-11(9(6-8)13(17)19)18-12-3-1-7(14(20)21)5-10(12)16/h1-6,18H,(H2,17,19)(H,20,21). The highest BCUT2D eigenvalue weighted by Crippen LogP contribution is 2.26. The molecule has 0 aromatic heterocycles. The van der Waals surface area contributed by atoms with Crippen molar-refractivity contribution in [1.82, 2.24) is 0 Å². The molecule has 4 N–H and O–H groups in total. The summed E-state index contributed by atoms with van der Waals surface area (Å²) >= 11 is 5.78. The second-order valence-corrected chi connectivity index (χ2v) is 4.62. The van der Waals surface area contributed by atoms with Crippen molar-refractivity contribution in [3.05, 3.63) is 58.4 Å². The fourth-order valence-corrected chi connectivity index (χ4v) is 1.90. The third kappa shape index (κ3) is 3.29. The number of carboxylic acid groups (broad SMARTS) is 1. The number of carbonyl (C=O) groups excluding carboxylic acids is 1. The van der Waals surface area contributed by atoms with Crippen molar-refractivity contribution in [2.24, 2.45) is 5.73 Å². The Morgan fingerprint density at radius 1 is 1.14 bits per heavy atom. The summed E-state index contributed by atoms with van der Waals surface area (Å²) in [6, 6.07) is 7.73. The van der Waals surface area contributed by atoms with Gasteiger partial charge in [-0.2, -0.15) is 0 Å². The summed E-state index contributed by atoms with van der Waals surface area (Å²) in [5.41, 5.74) is 5.44. The van der Waals surface area contributed by atoms with E-state index in [1.54, 1.807) is 0 Å². The van der Waals surface area contributed by atoms with Crippen LogP contribution < -0.4 is 11.1 Å². The average Bonchev–Trinajstić information content (AvgIpc) is 2.42. The molecule has 0 spiro atoms. The monoisotopic (exact) mass is 308 g/mol. The number of benzene rings is 2. The number of hydrogen-bond acceptors (Lipinski definition) is 3. The lowest BCUT2D eigenvalue weighted by Crippen LogP contribution is -2.13. The predicted octanol–water partition coefficient (Wildman–Crippen LogP) is 3.02. The van der Waals surface area contributed by atoms with Gasteiger partial charge in [0.15, 0.2) is 0 Å². The number of nitrogens with two attached hydrogens (primary N) is 1. The van der Waals surface area contributed by atoms with Gasteiger partial charge in [-0.15, -0.1) is 0 Å². The topological polar surface area (TPSA) is 92.4 Å². The maximum absolute atomic E-state index is 13.8. The summed E-state index contributed by atoms with van der Waals surface area (Å²) in [5, 5.41) is 11.8. The zero-order valence-electron chi connectivity index (χ0n) is 10.6. The van der Waals surface area contributed by atoms with Gasteiger partial charge >= 0.3 is 5.97 Å². The summed E-state index contributed by atoms with van der Waals surface area (Å²) in [4.78, 5) is 22.1. The van der Waals surface area contributed by atoms with Crippen LogP contribution >= 0.6 is 11.6 Å². The van der Waals surface area contributed by atoms with Crippen LogP contribution in [0, 0.1) is 5.82 Å². The molecule has 0 unspecified atom stereocenters. The molecular weight excluding hydrogens is 299 g/mol. The van der Waals surface area contributed by atoms with E-state index >= 15 is 0 Å². The maximum Gasteiger partial charge on any atom is 0.335 e. The van der Waals surface area contributed by atoms with Crippen LogP contribution in [-0.4, -0.2) is 17.0 Å². The highest BCUT2D eigenvalue weighted by molar-refractivity contribution is 6.31. The van der Waals surface area contributed by atoms with Gasteiger partial charge in [0, 0.05) is 5.02 Å². The SMILES string of the molecule is NC(=O)c1cc(Cl)ccc1Nc1ccc(C(=O)O)cc1F. The van der Waals surface area contributed by atoms with E-state index in [0.717, 1.165) is 6.07 Å². The van der Waals surface area contributed by atoms with Crippen molar-refractivity contribution in [2.45, 2.75) is 0 Å². The predicted molar refractivity (Wildman–Crippen MR) is 76.6 cm³/mol. The van der Waals surface area contributed by atoms with E-state index in [1.165, 1.54) is 30.3 Å². The number of anilines is 2. The normalized spacial score (nSPS) is 10.2. The summed E-state index contributed by atoms with van der Waals surface area (Å²) in [7, 11) is 0. The Kier molecular flexibility index (Phi) is 4.09. The third-order valence-corrected chi connectivity index (χ3v) is 2.97.